The van der Waals surface area contributed by atoms with Gasteiger partial charge in [0, 0.05) is 0 Å². The van der Waals surface area contributed by atoms with Gasteiger partial charge in [-0.25, -0.2) is 9.97 Å². The molecule has 4 nitrogen and oxygen atoms in total. The van der Waals surface area contributed by atoms with Crippen LogP contribution >= 0.6 is 0 Å². The van der Waals surface area contributed by atoms with Crippen LogP contribution in [0.25, 0.3) is 0 Å². The van der Waals surface area contributed by atoms with Gasteiger partial charge in [-0.05, 0) is 0 Å². The molecule has 0 aliphatic rings. The van der Waals surface area contributed by atoms with E-state index in [4.69, 9.17) is 11.0 Å². The Morgan fingerprint density at radius 3 is 3.00 bits per heavy atom. The maximum Gasteiger partial charge on any atom is 0.199 e. The standard InChI is InChI=1S/C5H3N4/c6-1-5-4(7)2-8-3-9-5/h2H,7H2. The summed E-state index contributed by atoms with van der Waals surface area (Å²) in [4.78, 5) is 6.96. The highest BCUT2D eigenvalue weighted by molar-refractivity contribution is 5.46. The summed E-state index contributed by atoms with van der Waals surface area (Å²) in [5.74, 6) is 0. The fraction of sp³-hybridized carbons (Fsp3) is 0. The first-order valence-corrected chi connectivity index (χ1v) is 2.23. The molecule has 1 radical (unpaired) electrons. The van der Waals surface area contributed by atoms with Crippen molar-refractivity contribution in [1.82, 2.24) is 9.97 Å². The Bertz CT molecular complexity index is 249. The van der Waals surface area contributed by atoms with Gasteiger partial charge in [0.25, 0.3) is 0 Å². The van der Waals surface area contributed by atoms with Gasteiger partial charge < -0.3 is 5.73 Å². The molecule has 0 fully saturated rings. The predicted octanol–water partition coefficient (Wildman–Crippen LogP) is -0.269. The van der Waals surface area contributed by atoms with Crippen molar-refractivity contribution in [2.24, 2.45) is 0 Å². The van der Waals surface area contributed by atoms with E-state index in [2.05, 4.69) is 16.3 Å². The molecule has 0 aliphatic heterocycles. The second-order valence-corrected chi connectivity index (χ2v) is 1.39. The maximum atomic E-state index is 8.28. The van der Waals surface area contributed by atoms with Crippen molar-refractivity contribution in [3.63, 3.8) is 0 Å². The van der Waals surface area contributed by atoms with E-state index in [0.717, 1.165) is 0 Å². The molecule has 1 rings (SSSR count). The Balaban J connectivity index is 3.20. The van der Waals surface area contributed by atoms with Gasteiger partial charge in [0.2, 0.25) is 0 Å². The van der Waals surface area contributed by atoms with Gasteiger partial charge in [-0.2, -0.15) is 5.26 Å². The van der Waals surface area contributed by atoms with Crippen LogP contribution in [0.2, 0.25) is 0 Å². The van der Waals surface area contributed by atoms with Crippen LogP contribution in [0, 0.1) is 17.7 Å². The molecule has 1 aromatic heterocycles. The summed E-state index contributed by atoms with van der Waals surface area (Å²) in [5.41, 5.74) is 5.72. The fourth-order valence-electron chi connectivity index (χ4n) is 0.393. The molecule has 0 atom stereocenters. The summed E-state index contributed by atoms with van der Waals surface area (Å²) in [6, 6.07) is 1.79. The monoisotopic (exact) mass is 119 g/mol. The van der Waals surface area contributed by atoms with Crippen LogP contribution in [0.3, 0.4) is 0 Å². The van der Waals surface area contributed by atoms with Gasteiger partial charge in [-0.3, -0.25) is 0 Å². The number of nitrogens with zero attached hydrogens (tertiary/aromatic N) is 3. The van der Waals surface area contributed by atoms with E-state index in [0.29, 0.717) is 0 Å². The van der Waals surface area contributed by atoms with Crippen molar-refractivity contribution in [2.45, 2.75) is 0 Å². The van der Waals surface area contributed by atoms with Crippen molar-refractivity contribution >= 4 is 5.69 Å². The molecular formula is C5H3N4. The largest absolute Gasteiger partial charge is 0.395 e. The zero-order valence-corrected chi connectivity index (χ0v) is 4.50. The SMILES string of the molecule is N#Cc1n[c]ncc1N. The van der Waals surface area contributed by atoms with Gasteiger partial charge in [0.05, 0.1) is 11.9 Å². The van der Waals surface area contributed by atoms with E-state index in [1.54, 1.807) is 6.07 Å². The minimum Gasteiger partial charge on any atom is -0.395 e. The first-order chi connectivity index (χ1) is 4.34. The molecule has 0 unspecified atom stereocenters. The number of anilines is 1. The highest BCUT2D eigenvalue weighted by atomic mass is 14.9. The van der Waals surface area contributed by atoms with Crippen molar-refractivity contribution in [3.05, 3.63) is 18.2 Å². The highest BCUT2D eigenvalue weighted by Gasteiger charge is 1.94. The average Bonchev–Trinajstić information content (AvgIpc) is 1.89. The number of rotatable bonds is 0. The Morgan fingerprint density at radius 2 is 2.56 bits per heavy atom. The molecular weight excluding hydrogens is 116 g/mol. The van der Waals surface area contributed by atoms with E-state index in [1.165, 1.54) is 6.20 Å². The third-order valence-corrected chi connectivity index (χ3v) is 0.803. The average molecular weight is 119 g/mol. The lowest BCUT2D eigenvalue weighted by atomic mass is 10.4. The van der Waals surface area contributed by atoms with E-state index in [-0.39, 0.29) is 11.4 Å². The summed E-state index contributed by atoms with van der Waals surface area (Å²) in [6.07, 6.45) is 3.59. The number of nitriles is 1. The Kier molecular flexibility index (Phi) is 1.28. The smallest absolute Gasteiger partial charge is 0.199 e. The summed E-state index contributed by atoms with van der Waals surface area (Å²) >= 11 is 0. The summed E-state index contributed by atoms with van der Waals surface area (Å²) in [6.45, 7) is 0. The topological polar surface area (TPSA) is 75.6 Å². The molecule has 1 heterocycles. The van der Waals surface area contributed by atoms with E-state index >= 15 is 0 Å². The minimum atomic E-state index is 0.171. The molecule has 2 N–H and O–H groups in total. The zero-order valence-electron chi connectivity index (χ0n) is 4.50. The quantitative estimate of drug-likeness (QED) is 0.510. The zero-order chi connectivity index (χ0) is 6.69. The maximum absolute atomic E-state index is 8.28. The lowest BCUT2D eigenvalue weighted by Crippen LogP contribution is -1.93. The minimum absolute atomic E-state index is 0.171. The summed E-state index contributed by atoms with van der Waals surface area (Å²) in [5, 5.41) is 8.28. The number of hydrogen-bond acceptors (Lipinski definition) is 4. The lowest BCUT2D eigenvalue weighted by Gasteiger charge is -1.88. The third kappa shape index (κ3) is 0.941. The molecule has 0 spiro atoms. The molecule has 1 aromatic rings. The third-order valence-electron chi connectivity index (χ3n) is 0.803. The van der Waals surface area contributed by atoms with Crippen molar-refractivity contribution in [3.8, 4) is 6.07 Å². The van der Waals surface area contributed by atoms with Gasteiger partial charge in [-0.1, -0.05) is 0 Å². The molecule has 0 amide bonds. The van der Waals surface area contributed by atoms with Crippen LogP contribution in [-0.2, 0) is 0 Å². The molecule has 0 bridgehead atoms. The Morgan fingerprint density at radius 1 is 1.78 bits per heavy atom. The van der Waals surface area contributed by atoms with Crippen molar-refractivity contribution in [1.29, 1.82) is 5.26 Å². The molecule has 0 aromatic carbocycles. The molecule has 43 valence electrons. The molecule has 9 heavy (non-hydrogen) atoms. The molecule has 0 saturated carbocycles. The van der Waals surface area contributed by atoms with Crippen molar-refractivity contribution in [2.75, 3.05) is 5.73 Å². The molecule has 0 aliphatic carbocycles. The summed E-state index contributed by atoms with van der Waals surface area (Å²) < 4.78 is 0. The van der Waals surface area contributed by atoms with Gasteiger partial charge in [-0.15, -0.1) is 0 Å². The van der Waals surface area contributed by atoms with Gasteiger partial charge >= 0.3 is 0 Å². The van der Waals surface area contributed by atoms with Crippen LogP contribution in [0.5, 0.6) is 0 Å². The molecule has 4 heteroatoms. The highest BCUT2D eigenvalue weighted by Crippen LogP contribution is 2.00. The second-order valence-electron chi connectivity index (χ2n) is 1.39. The normalized spacial score (nSPS) is 8.33. The lowest BCUT2D eigenvalue weighted by molar-refractivity contribution is 1.13. The van der Waals surface area contributed by atoms with Crippen LogP contribution in [-0.4, -0.2) is 9.97 Å². The van der Waals surface area contributed by atoms with Crippen LogP contribution in [0.4, 0.5) is 5.69 Å². The van der Waals surface area contributed by atoms with Crippen LogP contribution in [0.1, 0.15) is 5.69 Å². The fourth-order valence-corrected chi connectivity index (χ4v) is 0.393. The van der Waals surface area contributed by atoms with Crippen LogP contribution in [0.15, 0.2) is 6.20 Å². The Labute approximate surface area is 52.0 Å². The van der Waals surface area contributed by atoms with E-state index < -0.39 is 0 Å². The molecule has 0 saturated heterocycles. The number of nitrogen functional groups attached to an aromatic ring is 1. The number of hydrogen-bond donors (Lipinski definition) is 1. The number of aromatic nitrogens is 2. The van der Waals surface area contributed by atoms with Crippen molar-refractivity contribution < 1.29 is 0 Å². The van der Waals surface area contributed by atoms with E-state index in [1.807, 2.05) is 0 Å². The second kappa shape index (κ2) is 2.09. The first kappa shape index (κ1) is 5.51. The van der Waals surface area contributed by atoms with Gasteiger partial charge in [0.15, 0.2) is 12.0 Å². The van der Waals surface area contributed by atoms with E-state index in [9.17, 15) is 0 Å². The predicted molar refractivity (Wildman–Crippen MR) is 30.0 cm³/mol. The van der Waals surface area contributed by atoms with Crippen LogP contribution < -0.4 is 5.73 Å². The van der Waals surface area contributed by atoms with Gasteiger partial charge in [0.1, 0.15) is 6.07 Å². The Hall–Kier alpha value is -1.63. The summed E-state index contributed by atoms with van der Waals surface area (Å²) in [7, 11) is 0. The number of nitrogens with two attached hydrogens (primary N) is 1. The first-order valence-electron chi connectivity index (χ1n) is 2.23.